The van der Waals surface area contributed by atoms with Gasteiger partial charge < -0.3 is 4.74 Å². The molecule has 2 N–H and O–H groups in total. The Morgan fingerprint density at radius 3 is 2.56 bits per heavy atom. The van der Waals surface area contributed by atoms with Crippen LogP contribution in [0.2, 0.25) is 0 Å². The number of carbonyl (C=O) groups is 1. The molecule has 0 radical (unpaired) electrons. The highest BCUT2D eigenvalue weighted by Crippen LogP contribution is 2.15. The molecule has 0 saturated heterocycles. The summed E-state index contributed by atoms with van der Waals surface area (Å²) in [6.45, 7) is 0. The van der Waals surface area contributed by atoms with Crippen LogP contribution in [0.4, 0.5) is 0 Å². The molecule has 0 bridgehead atoms. The Hall–Kier alpha value is -1.66. The molecule has 0 amide bonds. The van der Waals surface area contributed by atoms with Crippen molar-refractivity contribution in [1.29, 1.82) is 0 Å². The van der Waals surface area contributed by atoms with E-state index in [2.05, 4.69) is 4.74 Å². The van der Waals surface area contributed by atoms with Gasteiger partial charge in [0.05, 0.1) is 12.0 Å². The van der Waals surface area contributed by atoms with E-state index in [1.165, 1.54) is 19.3 Å². The molecule has 6 heteroatoms. The van der Waals surface area contributed by atoms with Gasteiger partial charge >= 0.3 is 5.97 Å². The molecule has 16 heavy (non-hydrogen) atoms. The Labute approximate surface area is 93.6 Å². The number of hydrogen-bond acceptors (Lipinski definition) is 4. The van der Waals surface area contributed by atoms with Gasteiger partial charge in [-0.25, -0.2) is 18.4 Å². The fourth-order valence-electron chi connectivity index (χ4n) is 1.10. The molecule has 0 fully saturated rings. The number of primary sulfonamides is 1. The summed E-state index contributed by atoms with van der Waals surface area (Å²) < 4.78 is 26.8. The summed E-state index contributed by atoms with van der Waals surface area (Å²) in [5.41, 5.74) is 0.343. The van der Waals surface area contributed by atoms with Crippen molar-refractivity contribution in [2.75, 3.05) is 7.11 Å². The second kappa shape index (κ2) is 4.91. The number of carbonyl (C=O) groups excluding carboxylic acids is 1. The summed E-state index contributed by atoms with van der Waals surface area (Å²) in [4.78, 5) is 10.8. The first-order valence-electron chi connectivity index (χ1n) is 4.33. The Balaban J connectivity index is 3.15. The lowest BCUT2D eigenvalue weighted by Gasteiger charge is -2.02. The van der Waals surface area contributed by atoms with E-state index in [4.69, 9.17) is 5.14 Å². The molecule has 0 heterocycles. The van der Waals surface area contributed by atoms with Crippen molar-refractivity contribution in [2.45, 2.75) is 4.90 Å². The number of methoxy groups -OCH3 is 1. The van der Waals surface area contributed by atoms with E-state index in [-0.39, 0.29) is 4.90 Å². The predicted molar refractivity (Wildman–Crippen MR) is 58.9 cm³/mol. The minimum absolute atomic E-state index is 0.0323. The van der Waals surface area contributed by atoms with Crippen LogP contribution in [0, 0.1) is 0 Å². The van der Waals surface area contributed by atoms with E-state index < -0.39 is 16.0 Å². The third-order valence-corrected chi connectivity index (χ3v) is 2.81. The van der Waals surface area contributed by atoms with E-state index in [1.807, 2.05) is 0 Å². The average molecular weight is 241 g/mol. The third-order valence-electron chi connectivity index (χ3n) is 1.83. The lowest BCUT2D eigenvalue weighted by molar-refractivity contribution is -0.134. The normalized spacial score (nSPS) is 11.6. The van der Waals surface area contributed by atoms with Crippen LogP contribution in [-0.4, -0.2) is 21.5 Å². The van der Waals surface area contributed by atoms with Gasteiger partial charge in [-0.1, -0.05) is 18.2 Å². The number of benzene rings is 1. The lowest BCUT2D eigenvalue weighted by Crippen LogP contribution is -2.13. The van der Waals surface area contributed by atoms with Crippen LogP contribution < -0.4 is 5.14 Å². The molecule has 0 spiro atoms. The van der Waals surface area contributed by atoms with Crippen molar-refractivity contribution < 1.29 is 17.9 Å². The Kier molecular flexibility index (Phi) is 3.81. The fraction of sp³-hybridized carbons (Fsp3) is 0.100. The second-order valence-corrected chi connectivity index (χ2v) is 4.47. The molecule has 0 unspecified atom stereocenters. The molecule has 0 aromatic heterocycles. The highest BCUT2D eigenvalue weighted by molar-refractivity contribution is 7.89. The summed E-state index contributed by atoms with van der Waals surface area (Å²) in [6.07, 6.45) is 2.47. The standard InChI is InChI=1S/C10H11NO4S/c1-15-10(12)7-6-8-4-2-3-5-9(8)16(11,13)14/h2-7H,1H3,(H2,11,13,14). The smallest absolute Gasteiger partial charge is 0.330 e. The number of ether oxygens (including phenoxy) is 1. The first-order valence-corrected chi connectivity index (χ1v) is 5.87. The van der Waals surface area contributed by atoms with Gasteiger partial charge in [-0.2, -0.15) is 0 Å². The predicted octanol–water partition coefficient (Wildman–Crippen LogP) is 0.520. The van der Waals surface area contributed by atoms with Gasteiger partial charge in [-0.15, -0.1) is 0 Å². The van der Waals surface area contributed by atoms with Gasteiger partial charge in [0.1, 0.15) is 0 Å². The summed E-state index contributed by atoms with van der Waals surface area (Å²) in [7, 11) is -2.56. The zero-order valence-corrected chi connectivity index (χ0v) is 9.40. The zero-order valence-electron chi connectivity index (χ0n) is 8.58. The molecular formula is C10H11NO4S. The van der Waals surface area contributed by atoms with Crippen LogP contribution in [0.15, 0.2) is 35.2 Å². The van der Waals surface area contributed by atoms with Crippen LogP contribution in [0.5, 0.6) is 0 Å². The molecule has 0 atom stereocenters. The molecular weight excluding hydrogens is 230 g/mol. The maximum absolute atomic E-state index is 11.2. The monoisotopic (exact) mass is 241 g/mol. The molecule has 1 aromatic carbocycles. The number of nitrogens with two attached hydrogens (primary N) is 1. The van der Waals surface area contributed by atoms with Crippen LogP contribution >= 0.6 is 0 Å². The molecule has 1 rings (SSSR count). The summed E-state index contributed by atoms with van der Waals surface area (Å²) in [6, 6.07) is 6.10. The van der Waals surface area contributed by atoms with Gasteiger partial charge in [-0.05, 0) is 17.7 Å². The largest absolute Gasteiger partial charge is 0.466 e. The molecule has 0 saturated carbocycles. The number of hydrogen-bond donors (Lipinski definition) is 1. The molecule has 1 aromatic rings. The zero-order chi connectivity index (χ0) is 12.2. The first-order chi connectivity index (χ1) is 7.45. The minimum Gasteiger partial charge on any atom is -0.466 e. The highest BCUT2D eigenvalue weighted by atomic mass is 32.2. The lowest BCUT2D eigenvalue weighted by atomic mass is 10.2. The number of sulfonamides is 1. The number of rotatable bonds is 3. The van der Waals surface area contributed by atoms with Crippen molar-refractivity contribution in [1.82, 2.24) is 0 Å². The van der Waals surface area contributed by atoms with E-state index in [1.54, 1.807) is 18.2 Å². The van der Waals surface area contributed by atoms with E-state index in [9.17, 15) is 13.2 Å². The van der Waals surface area contributed by atoms with Gasteiger partial charge in [0.15, 0.2) is 0 Å². The van der Waals surface area contributed by atoms with Gasteiger partial charge in [-0.3, -0.25) is 0 Å². The van der Waals surface area contributed by atoms with Crippen molar-refractivity contribution in [3.8, 4) is 0 Å². The fourth-order valence-corrected chi connectivity index (χ4v) is 1.84. The second-order valence-electron chi connectivity index (χ2n) is 2.94. The summed E-state index contributed by atoms with van der Waals surface area (Å²) in [5, 5.41) is 5.02. The first kappa shape index (κ1) is 12.4. The molecule has 5 nitrogen and oxygen atoms in total. The molecule has 0 aliphatic carbocycles. The third kappa shape index (κ3) is 3.18. The minimum atomic E-state index is -3.79. The van der Waals surface area contributed by atoms with Crippen molar-refractivity contribution in [2.24, 2.45) is 5.14 Å². The van der Waals surface area contributed by atoms with E-state index >= 15 is 0 Å². The topological polar surface area (TPSA) is 86.5 Å². The average Bonchev–Trinajstić information content (AvgIpc) is 2.25. The van der Waals surface area contributed by atoms with E-state index in [0.717, 1.165) is 6.08 Å². The Morgan fingerprint density at radius 1 is 1.38 bits per heavy atom. The van der Waals surface area contributed by atoms with Gasteiger partial charge in [0.25, 0.3) is 0 Å². The van der Waals surface area contributed by atoms with Crippen LogP contribution in [0.3, 0.4) is 0 Å². The maximum Gasteiger partial charge on any atom is 0.330 e. The quantitative estimate of drug-likeness (QED) is 0.617. The van der Waals surface area contributed by atoms with Crippen molar-refractivity contribution in [3.63, 3.8) is 0 Å². The summed E-state index contributed by atoms with van der Waals surface area (Å²) in [5.74, 6) is -0.566. The highest BCUT2D eigenvalue weighted by Gasteiger charge is 2.10. The molecule has 0 aliphatic heterocycles. The molecule has 0 aliphatic rings. The van der Waals surface area contributed by atoms with Gasteiger partial charge in [0.2, 0.25) is 10.0 Å². The van der Waals surface area contributed by atoms with Crippen LogP contribution in [0.25, 0.3) is 6.08 Å². The van der Waals surface area contributed by atoms with Crippen molar-refractivity contribution in [3.05, 3.63) is 35.9 Å². The maximum atomic E-state index is 11.2. The summed E-state index contributed by atoms with van der Waals surface area (Å²) >= 11 is 0. The van der Waals surface area contributed by atoms with Crippen molar-refractivity contribution >= 4 is 22.1 Å². The SMILES string of the molecule is COC(=O)C=Cc1ccccc1S(N)(=O)=O. The van der Waals surface area contributed by atoms with Gasteiger partial charge in [0, 0.05) is 6.08 Å². The molecule has 86 valence electrons. The van der Waals surface area contributed by atoms with E-state index in [0.29, 0.717) is 5.56 Å². The Morgan fingerprint density at radius 2 is 2.00 bits per heavy atom. The number of esters is 1. The van der Waals surface area contributed by atoms with Crippen LogP contribution in [0.1, 0.15) is 5.56 Å². The Bertz CT molecular complexity index is 519. The van der Waals surface area contributed by atoms with Crippen LogP contribution in [-0.2, 0) is 19.6 Å².